The third kappa shape index (κ3) is 2.44. The number of anilines is 2. The van der Waals surface area contributed by atoms with Crippen molar-refractivity contribution in [2.75, 3.05) is 9.80 Å². The molecule has 2 aromatic rings. The summed E-state index contributed by atoms with van der Waals surface area (Å²) in [6, 6.07) is 13.7. The van der Waals surface area contributed by atoms with Gasteiger partial charge in [-0.3, -0.25) is 9.59 Å². The number of fused-ring (bicyclic) bond motifs is 1. The van der Waals surface area contributed by atoms with Gasteiger partial charge in [-0.25, -0.2) is 4.90 Å². The van der Waals surface area contributed by atoms with E-state index in [1.807, 2.05) is 44.2 Å². The number of imide groups is 1. The van der Waals surface area contributed by atoms with Crippen molar-refractivity contribution in [1.82, 2.24) is 0 Å². The number of nitrogens with zero attached hydrogens (tertiary/aromatic N) is 2. The van der Waals surface area contributed by atoms with E-state index in [0.29, 0.717) is 5.69 Å². The molecule has 2 aliphatic heterocycles. The average molecular weight is 334 g/mol. The zero-order valence-electron chi connectivity index (χ0n) is 14.8. The third-order valence-corrected chi connectivity index (χ3v) is 5.47. The molecule has 0 aliphatic carbocycles. The fraction of sp³-hybridized carbons (Fsp3) is 0.333. The number of hydrogen-bond acceptors (Lipinski definition) is 3. The predicted octanol–water partition coefficient (Wildman–Crippen LogP) is 3.39. The number of benzene rings is 2. The molecule has 2 unspecified atom stereocenters. The van der Waals surface area contributed by atoms with Gasteiger partial charge in [0.2, 0.25) is 5.91 Å². The molecule has 2 atom stereocenters. The van der Waals surface area contributed by atoms with Crippen LogP contribution in [-0.2, 0) is 16.0 Å². The Bertz CT molecular complexity index is 874. The standard InChI is InChI=1S/C21H22N2O2/c1-13-8-9-17(10-14(13)2)23-20(24)12-19(21(23)25)22-15(3)11-16-6-4-5-7-18(16)22/h4-10,15,19H,11-12H2,1-3H3. The minimum atomic E-state index is -0.409. The largest absolute Gasteiger partial charge is 0.356 e. The molecule has 25 heavy (non-hydrogen) atoms. The number of aryl methyl sites for hydroxylation is 2. The van der Waals surface area contributed by atoms with E-state index in [2.05, 4.69) is 24.0 Å². The molecule has 1 saturated heterocycles. The highest BCUT2D eigenvalue weighted by Gasteiger charge is 2.46. The Hall–Kier alpha value is -2.62. The normalized spacial score (nSPS) is 22.7. The van der Waals surface area contributed by atoms with Gasteiger partial charge in [-0.1, -0.05) is 24.3 Å². The molecule has 1 fully saturated rings. The summed E-state index contributed by atoms with van der Waals surface area (Å²) in [5, 5.41) is 0. The molecule has 0 saturated carbocycles. The summed E-state index contributed by atoms with van der Waals surface area (Å²) in [4.78, 5) is 29.3. The summed E-state index contributed by atoms with van der Waals surface area (Å²) < 4.78 is 0. The van der Waals surface area contributed by atoms with Crippen LogP contribution in [0.1, 0.15) is 30.0 Å². The summed E-state index contributed by atoms with van der Waals surface area (Å²) in [6.07, 6.45) is 1.15. The van der Waals surface area contributed by atoms with Crippen LogP contribution in [0.4, 0.5) is 11.4 Å². The summed E-state index contributed by atoms with van der Waals surface area (Å²) in [6.45, 7) is 6.15. The number of carbonyl (C=O) groups excluding carboxylic acids is 2. The number of para-hydroxylation sites is 1. The van der Waals surface area contributed by atoms with Gasteiger partial charge >= 0.3 is 0 Å². The van der Waals surface area contributed by atoms with E-state index in [9.17, 15) is 9.59 Å². The molecular weight excluding hydrogens is 312 g/mol. The topological polar surface area (TPSA) is 40.6 Å². The van der Waals surface area contributed by atoms with Crippen LogP contribution in [0, 0.1) is 13.8 Å². The molecule has 0 aromatic heterocycles. The van der Waals surface area contributed by atoms with Crippen LogP contribution >= 0.6 is 0 Å². The molecule has 0 spiro atoms. The van der Waals surface area contributed by atoms with E-state index in [1.54, 1.807) is 0 Å². The first-order valence-corrected chi connectivity index (χ1v) is 8.77. The SMILES string of the molecule is Cc1ccc(N2C(=O)CC(N3c4ccccc4CC3C)C2=O)cc1C. The van der Waals surface area contributed by atoms with Gasteiger partial charge in [0.05, 0.1) is 12.1 Å². The number of amides is 2. The summed E-state index contributed by atoms with van der Waals surface area (Å²) >= 11 is 0. The zero-order chi connectivity index (χ0) is 17.7. The van der Waals surface area contributed by atoms with Gasteiger partial charge in [0.1, 0.15) is 6.04 Å². The van der Waals surface area contributed by atoms with E-state index >= 15 is 0 Å². The van der Waals surface area contributed by atoms with Crippen molar-refractivity contribution in [3.05, 3.63) is 59.2 Å². The van der Waals surface area contributed by atoms with Crippen molar-refractivity contribution in [2.45, 2.75) is 45.7 Å². The van der Waals surface area contributed by atoms with Crippen molar-refractivity contribution in [1.29, 1.82) is 0 Å². The molecular formula is C21H22N2O2. The Morgan fingerprint density at radius 3 is 2.48 bits per heavy atom. The highest BCUT2D eigenvalue weighted by molar-refractivity contribution is 6.23. The molecule has 4 heteroatoms. The number of rotatable bonds is 2. The minimum Gasteiger partial charge on any atom is -0.356 e. The second-order valence-corrected chi connectivity index (χ2v) is 7.14. The van der Waals surface area contributed by atoms with Gasteiger partial charge in [-0.05, 0) is 62.1 Å². The molecule has 0 N–H and O–H groups in total. The Balaban J connectivity index is 1.69. The van der Waals surface area contributed by atoms with E-state index in [1.165, 1.54) is 10.5 Å². The van der Waals surface area contributed by atoms with Crippen LogP contribution in [0.25, 0.3) is 0 Å². The lowest BCUT2D eigenvalue weighted by molar-refractivity contribution is -0.121. The smallest absolute Gasteiger partial charge is 0.256 e. The summed E-state index contributed by atoms with van der Waals surface area (Å²) in [7, 11) is 0. The Labute approximate surface area is 148 Å². The van der Waals surface area contributed by atoms with Gasteiger partial charge < -0.3 is 4.90 Å². The highest BCUT2D eigenvalue weighted by Crippen LogP contribution is 2.37. The van der Waals surface area contributed by atoms with Gasteiger partial charge in [0.15, 0.2) is 0 Å². The monoisotopic (exact) mass is 334 g/mol. The lowest BCUT2D eigenvalue weighted by atomic mass is 10.1. The molecule has 0 radical (unpaired) electrons. The van der Waals surface area contributed by atoms with Crippen LogP contribution in [0.3, 0.4) is 0 Å². The maximum Gasteiger partial charge on any atom is 0.256 e. The molecule has 4 rings (SSSR count). The average Bonchev–Trinajstić information content (AvgIpc) is 3.05. The fourth-order valence-electron chi connectivity index (χ4n) is 4.03. The highest BCUT2D eigenvalue weighted by atomic mass is 16.2. The fourth-order valence-corrected chi connectivity index (χ4v) is 4.03. The molecule has 2 heterocycles. The molecule has 0 bridgehead atoms. The quantitative estimate of drug-likeness (QED) is 0.791. The van der Waals surface area contributed by atoms with E-state index in [0.717, 1.165) is 23.2 Å². The Kier molecular flexibility index (Phi) is 3.64. The molecule has 128 valence electrons. The van der Waals surface area contributed by atoms with Gasteiger partial charge in [0, 0.05) is 11.7 Å². The van der Waals surface area contributed by atoms with Crippen molar-refractivity contribution < 1.29 is 9.59 Å². The Morgan fingerprint density at radius 1 is 0.960 bits per heavy atom. The van der Waals surface area contributed by atoms with Crippen molar-refractivity contribution in [3.8, 4) is 0 Å². The maximum atomic E-state index is 13.1. The minimum absolute atomic E-state index is 0.114. The lowest BCUT2D eigenvalue weighted by Crippen LogP contribution is -2.45. The molecule has 2 aromatic carbocycles. The van der Waals surface area contributed by atoms with Crippen LogP contribution in [-0.4, -0.2) is 23.9 Å². The van der Waals surface area contributed by atoms with E-state index in [-0.39, 0.29) is 24.3 Å². The van der Waals surface area contributed by atoms with Gasteiger partial charge in [0.25, 0.3) is 5.91 Å². The van der Waals surface area contributed by atoms with Gasteiger partial charge in [-0.15, -0.1) is 0 Å². The second kappa shape index (κ2) is 5.73. The van der Waals surface area contributed by atoms with Crippen LogP contribution < -0.4 is 9.80 Å². The zero-order valence-corrected chi connectivity index (χ0v) is 14.8. The second-order valence-electron chi connectivity index (χ2n) is 7.14. The number of carbonyl (C=O) groups is 2. The Morgan fingerprint density at radius 2 is 1.72 bits per heavy atom. The number of hydrogen-bond donors (Lipinski definition) is 0. The van der Waals surface area contributed by atoms with Crippen molar-refractivity contribution in [3.63, 3.8) is 0 Å². The van der Waals surface area contributed by atoms with Gasteiger partial charge in [-0.2, -0.15) is 0 Å². The first-order valence-electron chi connectivity index (χ1n) is 8.77. The van der Waals surface area contributed by atoms with Crippen LogP contribution in [0.2, 0.25) is 0 Å². The van der Waals surface area contributed by atoms with Crippen LogP contribution in [0.5, 0.6) is 0 Å². The molecule has 4 nitrogen and oxygen atoms in total. The molecule has 2 amide bonds. The van der Waals surface area contributed by atoms with E-state index < -0.39 is 6.04 Å². The maximum absolute atomic E-state index is 13.1. The summed E-state index contributed by atoms with van der Waals surface area (Å²) in [5.74, 6) is -0.230. The van der Waals surface area contributed by atoms with Crippen molar-refractivity contribution in [2.24, 2.45) is 0 Å². The molecule has 2 aliphatic rings. The van der Waals surface area contributed by atoms with Crippen LogP contribution in [0.15, 0.2) is 42.5 Å². The summed E-state index contributed by atoms with van der Waals surface area (Å²) in [5.41, 5.74) is 5.26. The first kappa shape index (κ1) is 15.9. The predicted molar refractivity (Wildman–Crippen MR) is 98.9 cm³/mol. The first-order chi connectivity index (χ1) is 12.0. The van der Waals surface area contributed by atoms with E-state index in [4.69, 9.17) is 0 Å². The third-order valence-electron chi connectivity index (χ3n) is 5.47. The van der Waals surface area contributed by atoms with Crippen molar-refractivity contribution >= 4 is 23.2 Å². The lowest BCUT2D eigenvalue weighted by Gasteiger charge is -2.30.